The van der Waals surface area contributed by atoms with Crippen LogP contribution < -0.4 is 9.54 Å². The third-order valence-corrected chi connectivity index (χ3v) is 7.51. The SMILES string of the molecule is CCOC(=O)Cn1c(=NC(=O)c2ccc(S(=O)(=O)N(C)C)cc2)sc2cccc(OCC)c21. The molecule has 176 valence electrons. The van der Waals surface area contributed by atoms with Crippen molar-refractivity contribution in [1.82, 2.24) is 8.87 Å². The molecule has 33 heavy (non-hydrogen) atoms. The molecule has 3 aromatic rings. The molecule has 0 atom stereocenters. The van der Waals surface area contributed by atoms with Gasteiger partial charge < -0.3 is 14.0 Å². The van der Waals surface area contributed by atoms with Crippen LogP contribution in [0.5, 0.6) is 5.75 Å². The summed E-state index contributed by atoms with van der Waals surface area (Å²) < 4.78 is 38.8. The lowest BCUT2D eigenvalue weighted by Crippen LogP contribution is -2.23. The first kappa shape index (κ1) is 24.6. The minimum atomic E-state index is -3.61. The summed E-state index contributed by atoms with van der Waals surface area (Å²) in [5, 5.41) is 0. The lowest BCUT2D eigenvalue weighted by atomic mass is 10.2. The Labute approximate surface area is 195 Å². The molecular weight excluding hydrogens is 466 g/mol. The summed E-state index contributed by atoms with van der Waals surface area (Å²) in [4.78, 5) is 29.7. The van der Waals surface area contributed by atoms with Crippen LogP contribution in [0.15, 0.2) is 52.4 Å². The quantitative estimate of drug-likeness (QED) is 0.449. The molecule has 0 aliphatic rings. The van der Waals surface area contributed by atoms with Gasteiger partial charge in [0.15, 0.2) is 4.80 Å². The van der Waals surface area contributed by atoms with E-state index in [1.165, 1.54) is 49.7 Å². The predicted octanol–water partition coefficient (Wildman–Crippen LogP) is 2.66. The van der Waals surface area contributed by atoms with Crippen molar-refractivity contribution in [2.24, 2.45) is 4.99 Å². The molecule has 0 saturated carbocycles. The number of nitrogens with zero attached hydrogens (tertiary/aromatic N) is 3. The molecule has 2 aromatic carbocycles. The van der Waals surface area contributed by atoms with E-state index in [4.69, 9.17) is 9.47 Å². The highest BCUT2D eigenvalue weighted by Crippen LogP contribution is 2.28. The first-order chi connectivity index (χ1) is 15.7. The molecule has 0 N–H and O–H groups in total. The fourth-order valence-corrected chi connectivity index (χ4v) is 5.02. The van der Waals surface area contributed by atoms with Gasteiger partial charge in [-0.1, -0.05) is 17.4 Å². The minimum Gasteiger partial charge on any atom is -0.492 e. The van der Waals surface area contributed by atoms with Crippen LogP contribution in [-0.4, -0.2) is 56.5 Å². The van der Waals surface area contributed by atoms with E-state index in [1.807, 2.05) is 19.1 Å². The number of aromatic nitrogens is 1. The van der Waals surface area contributed by atoms with E-state index in [2.05, 4.69) is 4.99 Å². The number of carbonyl (C=O) groups is 2. The van der Waals surface area contributed by atoms with Crippen LogP contribution in [-0.2, 0) is 26.1 Å². The summed E-state index contributed by atoms with van der Waals surface area (Å²) in [5.74, 6) is -0.454. The molecule has 3 rings (SSSR count). The van der Waals surface area contributed by atoms with E-state index >= 15 is 0 Å². The lowest BCUT2D eigenvalue weighted by Gasteiger charge is -2.11. The molecule has 9 nitrogen and oxygen atoms in total. The van der Waals surface area contributed by atoms with Crippen molar-refractivity contribution in [1.29, 1.82) is 0 Å². The summed E-state index contributed by atoms with van der Waals surface area (Å²) in [6, 6.07) is 11.0. The maximum Gasteiger partial charge on any atom is 0.326 e. The first-order valence-electron chi connectivity index (χ1n) is 10.2. The van der Waals surface area contributed by atoms with Crippen molar-refractivity contribution >= 4 is 43.5 Å². The number of amides is 1. The van der Waals surface area contributed by atoms with Crippen molar-refractivity contribution in [2.45, 2.75) is 25.3 Å². The van der Waals surface area contributed by atoms with Crippen LogP contribution in [0.1, 0.15) is 24.2 Å². The first-order valence-corrected chi connectivity index (χ1v) is 12.5. The molecule has 1 amide bonds. The number of ether oxygens (including phenoxy) is 2. The van der Waals surface area contributed by atoms with Gasteiger partial charge in [-0.15, -0.1) is 0 Å². The van der Waals surface area contributed by atoms with Gasteiger partial charge >= 0.3 is 5.97 Å². The fraction of sp³-hybridized carbons (Fsp3) is 0.318. The molecular formula is C22H25N3O6S2. The van der Waals surface area contributed by atoms with Crippen molar-refractivity contribution in [2.75, 3.05) is 27.3 Å². The van der Waals surface area contributed by atoms with Gasteiger partial charge in [0.2, 0.25) is 10.0 Å². The Morgan fingerprint density at radius 3 is 2.36 bits per heavy atom. The largest absolute Gasteiger partial charge is 0.492 e. The number of thiazole rings is 1. The molecule has 1 aromatic heterocycles. The maximum atomic E-state index is 12.9. The van der Waals surface area contributed by atoms with Crippen molar-refractivity contribution in [3.05, 3.63) is 52.8 Å². The zero-order chi connectivity index (χ0) is 24.2. The second-order valence-electron chi connectivity index (χ2n) is 7.04. The average Bonchev–Trinajstić information content (AvgIpc) is 3.11. The Morgan fingerprint density at radius 2 is 1.76 bits per heavy atom. The number of para-hydroxylation sites is 1. The molecule has 0 aliphatic heterocycles. The minimum absolute atomic E-state index is 0.0737. The molecule has 0 bridgehead atoms. The van der Waals surface area contributed by atoms with Crippen molar-refractivity contribution in [3.63, 3.8) is 0 Å². The Bertz CT molecular complexity index is 1340. The summed E-state index contributed by atoms with van der Waals surface area (Å²) in [7, 11) is -0.738. The highest BCUT2D eigenvalue weighted by molar-refractivity contribution is 7.89. The smallest absolute Gasteiger partial charge is 0.326 e. The van der Waals surface area contributed by atoms with Crippen molar-refractivity contribution < 1.29 is 27.5 Å². The van der Waals surface area contributed by atoms with Gasteiger partial charge in [0.25, 0.3) is 5.91 Å². The molecule has 0 radical (unpaired) electrons. The van der Waals surface area contributed by atoms with Crippen molar-refractivity contribution in [3.8, 4) is 5.75 Å². The Balaban J connectivity index is 2.08. The van der Waals surface area contributed by atoms with E-state index in [1.54, 1.807) is 17.6 Å². The van der Waals surface area contributed by atoms with Gasteiger partial charge in [0.05, 0.1) is 22.8 Å². The Morgan fingerprint density at radius 1 is 1.06 bits per heavy atom. The fourth-order valence-electron chi connectivity index (χ4n) is 3.07. The molecule has 11 heteroatoms. The van der Waals surface area contributed by atoms with E-state index in [9.17, 15) is 18.0 Å². The van der Waals surface area contributed by atoms with Crippen LogP contribution in [0.25, 0.3) is 10.2 Å². The van der Waals surface area contributed by atoms with E-state index in [-0.39, 0.29) is 23.6 Å². The highest BCUT2D eigenvalue weighted by atomic mass is 32.2. The van der Waals surface area contributed by atoms with Gasteiger partial charge in [-0.3, -0.25) is 9.59 Å². The summed E-state index contributed by atoms with van der Waals surface area (Å²) in [6.07, 6.45) is 0. The molecule has 0 unspecified atom stereocenters. The molecule has 0 saturated heterocycles. The zero-order valence-corrected chi connectivity index (χ0v) is 20.4. The Kier molecular flexibility index (Phi) is 7.67. The van der Waals surface area contributed by atoms with Crippen LogP contribution in [0.3, 0.4) is 0 Å². The van der Waals surface area contributed by atoms with Crippen LogP contribution in [0.2, 0.25) is 0 Å². The monoisotopic (exact) mass is 491 g/mol. The number of hydrogen-bond donors (Lipinski definition) is 0. The maximum absolute atomic E-state index is 12.9. The van der Waals surface area contributed by atoms with Gasteiger partial charge in [0, 0.05) is 19.7 Å². The van der Waals surface area contributed by atoms with Crippen LogP contribution in [0, 0.1) is 0 Å². The number of sulfonamides is 1. The van der Waals surface area contributed by atoms with E-state index < -0.39 is 21.9 Å². The summed E-state index contributed by atoms with van der Waals surface area (Å²) >= 11 is 1.24. The van der Waals surface area contributed by atoms with E-state index in [0.29, 0.717) is 22.7 Å². The average molecular weight is 492 g/mol. The third-order valence-electron chi connectivity index (χ3n) is 4.63. The molecule has 0 spiro atoms. The summed E-state index contributed by atoms with van der Waals surface area (Å²) in [6.45, 7) is 4.10. The number of rotatable bonds is 8. The number of hydrogen-bond acceptors (Lipinski definition) is 7. The third kappa shape index (κ3) is 5.32. The number of esters is 1. The number of benzene rings is 2. The highest BCUT2D eigenvalue weighted by Gasteiger charge is 2.19. The number of fused-ring (bicyclic) bond motifs is 1. The Hall–Kier alpha value is -3.02. The predicted molar refractivity (Wildman–Crippen MR) is 125 cm³/mol. The molecule has 0 aliphatic carbocycles. The normalized spacial score (nSPS) is 12.3. The number of carbonyl (C=O) groups excluding carboxylic acids is 2. The van der Waals surface area contributed by atoms with Crippen LogP contribution >= 0.6 is 11.3 Å². The topological polar surface area (TPSA) is 107 Å². The second kappa shape index (κ2) is 10.3. The lowest BCUT2D eigenvalue weighted by molar-refractivity contribution is -0.143. The van der Waals surface area contributed by atoms with Gasteiger partial charge in [-0.25, -0.2) is 12.7 Å². The van der Waals surface area contributed by atoms with Gasteiger partial charge in [-0.05, 0) is 50.2 Å². The van der Waals surface area contributed by atoms with Gasteiger partial charge in [0.1, 0.15) is 17.8 Å². The standard InChI is InChI=1S/C22H25N3O6S2/c1-5-30-17-8-7-9-18-20(17)25(14-19(26)31-6-2)22(32-18)23-21(27)15-10-12-16(13-11-15)33(28,29)24(3)4/h7-13H,5-6,14H2,1-4H3. The second-order valence-corrected chi connectivity index (χ2v) is 10.2. The molecule has 0 fully saturated rings. The van der Waals surface area contributed by atoms with Gasteiger partial charge in [-0.2, -0.15) is 4.99 Å². The van der Waals surface area contributed by atoms with Crippen LogP contribution in [0.4, 0.5) is 0 Å². The zero-order valence-electron chi connectivity index (χ0n) is 18.8. The molecule has 1 heterocycles. The summed E-state index contributed by atoms with van der Waals surface area (Å²) in [5.41, 5.74) is 0.870. The van der Waals surface area contributed by atoms with E-state index in [0.717, 1.165) is 9.01 Å².